The fraction of sp³-hybridized carbons (Fsp3) is 0.259. The van der Waals surface area contributed by atoms with E-state index in [-0.39, 0.29) is 11.8 Å². The maximum Gasteiger partial charge on any atom is 0.439 e. The van der Waals surface area contributed by atoms with E-state index in [1.165, 1.54) is 11.3 Å². The fourth-order valence-corrected chi connectivity index (χ4v) is 6.16. The van der Waals surface area contributed by atoms with Gasteiger partial charge in [0.1, 0.15) is 11.0 Å². The first-order chi connectivity index (χ1) is 17.5. The van der Waals surface area contributed by atoms with Gasteiger partial charge in [0, 0.05) is 17.0 Å². The summed E-state index contributed by atoms with van der Waals surface area (Å²) in [5.41, 5.74) is 4.22. The molecule has 2 aliphatic rings. The lowest BCUT2D eigenvalue weighted by molar-refractivity contribution is -0.122. The minimum Gasteiger partial charge on any atom is -0.327 e. The molecule has 1 fully saturated rings. The van der Waals surface area contributed by atoms with E-state index < -0.39 is 11.8 Å². The molecule has 2 aromatic carbocycles. The molecule has 0 spiro atoms. The summed E-state index contributed by atoms with van der Waals surface area (Å²) in [6.45, 7) is 3.09. The van der Waals surface area contributed by atoms with Gasteiger partial charge in [-0.05, 0) is 42.0 Å². The predicted molar refractivity (Wildman–Crippen MR) is 137 cm³/mol. The first kappa shape index (κ1) is 22.5. The number of aromatic amines is 1. The van der Waals surface area contributed by atoms with E-state index in [4.69, 9.17) is 0 Å². The third kappa shape index (κ3) is 3.76. The molecule has 0 bridgehead atoms. The van der Waals surface area contributed by atoms with Crippen LogP contribution in [0.5, 0.6) is 0 Å². The normalized spacial score (nSPS) is 17.3. The number of amides is 2. The summed E-state index contributed by atoms with van der Waals surface area (Å²) in [6.07, 6.45) is 2.37. The van der Waals surface area contributed by atoms with Crippen LogP contribution < -0.4 is 10.7 Å². The molecule has 4 aromatic rings. The van der Waals surface area contributed by atoms with Gasteiger partial charge in [0.2, 0.25) is 0 Å². The maximum atomic E-state index is 13.6. The van der Waals surface area contributed by atoms with Crippen LogP contribution in [-0.2, 0) is 17.8 Å². The van der Waals surface area contributed by atoms with Gasteiger partial charge in [-0.1, -0.05) is 60.6 Å². The molecule has 2 amide bonds. The summed E-state index contributed by atoms with van der Waals surface area (Å²) >= 11 is 1.54. The highest BCUT2D eigenvalue weighted by molar-refractivity contribution is 7.16. The summed E-state index contributed by atoms with van der Waals surface area (Å²) < 4.78 is 4.68. The molecule has 2 aliphatic heterocycles. The average molecular weight is 501 g/mol. The van der Waals surface area contributed by atoms with Gasteiger partial charge in [-0.15, -0.1) is 11.3 Å². The van der Waals surface area contributed by atoms with Crippen molar-refractivity contribution < 1.29 is 14.1 Å². The highest BCUT2D eigenvalue weighted by Crippen LogP contribution is 2.39. The van der Waals surface area contributed by atoms with E-state index in [1.54, 1.807) is 9.80 Å². The van der Waals surface area contributed by atoms with Gasteiger partial charge in [0.25, 0.3) is 11.8 Å². The molecule has 4 heterocycles. The van der Waals surface area contributed by atoms with Gasteiger partial charge in [0.05, 0.1) is 12.1 Å². The van der Waals surface area contributed by atoms with E-state index in [1.807, 2.05) is 54.6 Å². The third-order valence-corrected chi connectivity index (χ3v) is 8.18. The number of rotatable bonds is 5. The van der Waals surface area contributed by atoms with Crippen molar-refractivity contribution in [1.82, 2.24) is 15.0 Å². The van der Waals surface area contributed by atoms with Crippen LogP contribution in [0.25, 0.3) is 22.5 Å². The Kier molecular flexibility index (Phi) is 5.56. The number of carbonyl (C=O) groups excluding carboxylic acids is 2. The number of anilines is 1. The zero-order valence-electron chi connectivity index (χ0n) is 19.7. The van der Waals surface area contributed by atoms with Crippen LogP contribution >= 0.6 is 11.3 Å². The summed E-state index contributed by atoms with van der Waals surface area (Å²) in [5.74, 6) is -0.265. The molecule has 1 unspecified atom stereocenters. The standard InChI is InChI=1S/C27H24N4O4S/c1-2-18-14-21-24(32)30-13-5-8-22(30)25(33)31(26(21)36-18)15-16-9-11-17(12-10-16)19-6-3-4-7-20(19)23-28-27(34)35-29-23/h3-4,6-7,9-12,14,22H,2,5,8,13,15H2,1H3,(H,28,29,34). The van der Waals surface area contributed by atoms with E-state index in [2.05, 4.69) is 21.6 Å². The number of H-pyrrole nitrogens is 1. The highest BCUT2D eigenvalue weighted by atomic mass is 32.1. The van der Waals surface area contributed by atoms with E-state index >= 15 is 0 Å². The number of nitrogens with zero attached hydrogens (tertiary/aromatic N) is 3. The first-order valence-corrected chi connectivity index (χ1v) is 12.8. The van der Waals surface area contributed by atoms with Gasteiger partial charge in [-0.3, -0.25) is 24.0 Å². The Balaban J connectivity index is 1.33. The lowest BCUT2D eigenvalue weighted by Gasteiger charge is -2.25. The molecule has 36 heavy (non-hydrogen) atoms. The van der Waals surface area contributed by atoms with Gasteiger partial charge in [0.15, 0.2) is 5.82 Å². The number of hydrogen-bond acceptors (Lipinski definition) is 6. The number of nitrogens with one attached hydrogen (secondary N) is 1. The molecule has 1 atom stereocenters. The summed E-state index contributed by atoms with van der Waals surface area (Å²) in [4.78, 5) is 45.6. The Morgan fingerprint density at radius 2 is 1.83 bits per heavy atom. The zero-order valence-corrected chi connectivity index (χ0v) is 20.5. The molecule has 1 N–H and O–H groups in total. The first-order valence-electron chi connectivity index (χ1n) is 12.0. The SMILES string of the molecule is CCc1cc2c(s1)N(Cc1ccc(-c3ccccc3-c3noc(=O)[nH]3)cc1)C(=O)C1CCCN1C2=O. The van der Waals surface area contributed by atoms with Crippen LogP contribution in [0.4, 0.5) is 5.00 Å². The zero-order chi connectivity index (χ0) is 24.8. The van der Waals surface area contributed by atoms with Crippen LogP contribution in [0.3, 0.4) is 0 Å². The number of carbonyl (C=O) groups is 2. The second-order valence-electron chi connectivity index (χ2n) is 9.05. The monoisotopic (exact) mass is 500 g/mol. The van der Waals surface area contributed by atoms with E-state index in [9.17, 15) is 14.4 Å². The Hall–Kier alpha value is -3.98. The van der Waals surface area contributed by atoms with Crippen molar-refractivity contribution in [3.63, 3.8) is 0 Å². The lowest BCUT2D eigenvalue weighted by atomic mass is 9.98. The van der Waals surface area contributed by atoms with Gasteiger partial charge in [-0.25, -0.2) is 4.79 Å². The van der Waals surface area contributed by atoms with Crippen molar-refractivity contribution in [2.24, 2.45) is 0 Å². The number of hydrogen-bond donors (Lipinski definition) is 1. The second-order valence-corrected chi connectivity index (χ2v) is 10.2. The Labute approximate surface area is 211 Å². The largest absolute Gasteiger partial charge is 0.439 e. The van der Waals surface area contributed by atoms with Gasteiger partial charge >= 0.3 is 5.76 Å². The second kappa shape index (κ2) is 8.91. The Morgan fingerprint density at radius 3 is 2.56 bits per heavy atom. The molecule has 0 radical (unpaired) electrons. The van der Waals surface area contributed by atoms with Crippen LogP contribution in [0.15, 0.2) is 63.9 Å². The van der Waals surface area contributed by atoms with Crippen molar-refractivity contribution in [1.29, 1.82) is 0 Å². The maximum absolute atomic E-state index is 13.6. The molecule has 2 aromatic heterocycles. The van der Waals surface area contributed by atoms with Crippen molar-refractivity contribution in [2.45, 2.75) is 38.8 Å². The number of benzene rings is 2. The summed E-state index contributed by atoms with van der Waals surface area (Å²) in [5, 5.41) is 4.58. The Bertz CT molecular complexity index is 1520. The van der Waals surface area contributed by atoms with E-state index in [0.29, 0.717) is 30.9 Å². The van der Waals surface area contributed by atoms with Gasteiger partial charge in [-0.2, -0.15) is 0 Å². The van der Waals surface area contributed by atoms with E-state index in [0.717, 1.165) is 45.0 Å². The van der Waals surface area contributed by atoms with Crippen LogP contribution in [0.1, 0.15) is 40.6 Å². The molecular weight excluding hydrogens is 476 g/mol. The van der Waals surface area contributed by atoms with Crippen molar-refractivity contribution in [2.75, 3.05) is 11.4 Å². The molecule has 8 nitrogen and oxygen atoms in total. The highest BCUT2D eigenvalue weighted by Gasteiger charge is 2.43. The molecule has 0 aliphatic carbocycles. The number of aryl methyl sites for hydroxylation is 1. The molecule has 1 saturated heterocycles. The van der Waals surface area contributed by atoms with Gasteiger partial charge < -0.3 is 4.90 Å². The van der Waals surface area contributed by atoms with Crippen LogP contribution in [0, 0.1) is 0 Å². The number of aromatic nitrogens is 2. The third-order valence-electron chi connectivity index (χ3n) is 6.88. The van der Waals surface area contributed by atoms with Crippen molar-refractivity contribution in [3.05, 3.63) is 81.2 Å². The number of fused-ring (bicyclic) bond motifs is 2. The molecule has 182 valence electrons. The lowest BCUT2D eigenvalue weighted by Crippen LogP contribution is -2.44. The minimum absolute atomic E-state index is 0.00601. The summed E-state index contributed by atoms with van der Waals surface area (Å²) in [7, 11) is 0. The Morgan fingerprint density at radius 1 is 1.06 bits per heavy atom. The van der Waals surface area contributed by atoms with Crippen molar-refractivity contribution in [3.8, 4) is 22.5 Å². The van der Waals surface area contributed by atoms with Crippen molar-refractivity contribution >= 4 is 28.2 Å². The predicted octanol–water partition coefficient (Wildman–Crippen LogP) is 4.47. The molecule has 0 saturated carbocycles. The topological polar surface area (TPSA) is 99.5 Å². The quantitative estimate of drug-likeness (QED) is 0.436. The summed E-state index contributed by atoms with van der Waals surface area (Å²) in [6, 6.07) is 17.2. The van der Waals surface area contributed by atoms with Crippen LogP contribution in [-0.4, -0.2) is 39.4 Å². The fourth-order valence-electron chi connectivity index (χ4n) is 5.07. The number of thiophene rings is 1. The minimum atomic E-state index is -0.601. The molecule has 9 heteroatoms. The average Bonchev–Trinajstić information content (AvgIpc) is 3.65. The molecular formula is C27H24N4O4S. The smallest absolute Gasteiger partial charge is 0.327 e. The molecule has 6 rings (SSSR count). The van der Waals surface area contributed by atoms with Crippen LogP contribution in [0.2, 0.25) is 0 Å².